The third-order valence-electron chi connectivity index (χ3n) is 5.03. The Morgan fingerprint density at radius 3 is 2.11 bits per heavy atom. The number of amides is 2. The minimum absolute atomic E-state index is 0.00121. The van der Waals surface area contributed by atoms with Crippen LogP contribution < -0.4 is 4.74 Å². The smallest absolute Gasteiger partial charge is 0.254 e. The fourth-order valence-corrected chi connectivity index (χ4v) is 3.38. The van der Waals surface area contributed by atoms with Crippen LogP contribution in [0.15, 0.2) is 42.5 Å². The monoisotopic (exact) mass is 366 g/mol. The van der Waals surface area contributed by atoms with Crippen LogP contribution in [0.1, 0.15) is 38.3 Å². The van der Waals surface area contributed by atoms with Crippen LogP contribution in [0.25, 0.3) is 0 Å². The van der Waals surface area contributed by atoms with Gasteiger partial charge in [0.05, 0.1) is 7.11 Å². The predicted octanol–water partition coefficient (Wildman–Crippen LogP) is 3.30. The van der Waals surface area contributed by atoms with E-state index in [-0.39, 0.29) is 11.8 Å². The fourth-order valence-electron chi connectivity index (χ4n) is 3.38. The number of hydrogen-bond acceptors (Lipinski definition) is 3. The number of methoxy groups -OCH3 is 1. The molecule has 27 heavy (non-hydrogen) atoms. The van der Waals surface area contributed by atoms with E-state index >= 15 is 0 Å². The molecule has 1 fully saturated rings. The molecule has 1 heterocycles. The Bertz CT molecular complexity index is 830. The quantitative estimate of drug-likeness (QED) is 0.837. The van der Waals surface area contributed by atoms with Crippen molar-refractivity contribution in [1.29, 1.82) is 0 Å². The highest BCUT2D eigenvalue weighted by molar-refractivity contribution is 5.96. The number of benzene rings is 2. The molecule has 0 aromatic heterocycles. The van der Waals surface area contributed by atoms with Crippen LogP contribution in [-0.4, -0.2) is 54.9 Å². The zero-order valence-electron chi connectivity index (χ0n) is 16.2. The van der Waals surface area contributed by atoms with E-state index in [9.17, 15) is 9.59 Å². The molecule has 0 spiro atoms. The molecular weight excluding hydrogens is 340 g/mol. The van der Waals surface area contributed by atoms with Crippen molar-refractivity contribution in [2.24, 2.45) is 0 Å². The Morgan fingerprint density at radius 1 is 0.852 bits per heavy atom. The largest absolute Gasteiger partial charge is 0.497 e. The van der Waals surface area contributed by atoms with E-state index in [1.54, 1.807) is 31.4 Å². The van der Waals surface area contributed by atoms with Crippen molar-refractivity contribution in [1.82, 2.24) is 9.80 Å². The number of rotatable bonds is 3. The summed E-state index contributed by atoms with van der Waals surface area (Å²) in [4.78, 5) is 29.4. The maximum Gasteiger partial charge on any atom is 0.254 e. The number of hydrogen-bond donors (Lipinski definition) is 0. The summed E-state index contributed by atoms with van der Waals surface area (Å²) in [6, 6.07) is 13.1. The van der Waals surface area contributed by atoms with Gasteiger partial charge in [0.2, 0.25) is 0 Å². The minimum atomic E-state index is -0.00121. The molecule has 1 saturated heterocycles. The SMILES string of the molecule is COc1ccc(C(=O)N2CCCN(C(=O)c3cc(C)ccc3C)CC2)cc1. The van der Waals surface area contributed by atoms with E-state index in [0.29, 0.717) is 31.7 Å². The number of nitrogens with zero attached hydrogens (tertiary/aromatic N) is 2. The molecule has 1 aliphatic rings. The summed E-state index contributed by atoms with van der Waals surface area (Å²) in [6.45, 7) is 6.37. The molecule has 2 aromatic rings. The van der Waals surface area contributed by atoms with Gasteiger partial charge in [0.1, 0.15) is 5.75 Å². The van der Waals surface area contributed by atoms with Gasteiger partial charge in [-0.3, -0.25) is 9.59 Å². The van der Waals surface area contributed by atoms with E-state index in [1.807, 2.05) is 41.8 Å². The predicted molar refractivity (Wildman–Crippen MR) is 105 cm³/mol. The second-order valence-electron chi connectivity index (χ2n) is 6.98. The molecule has 2 aromatic carbocycles. The first-order valence-electron chi connectivity index (χ1n) is 9.29. The first-order valence-corrected chi connectivity index (χ1v) is 9.29. The van der Waals surface area contributed by atoms with Crippen LogP contribution >= 0.6 is 0 Å². The maximum atomic E-state index is 13.0. The van der Waals surface area contributed by atoms with Crippen molar-refractivity contribution < 1.29 is 14.3 Å². The van der Waals surface area contributed by atoms with Crippen molar-refractivity contribution in [2.75, 3.05) is 33.3 Å². The highest BCUT2D eigenvalue weighted by Gasteiger charge is 2.24. The topological polar surface area (TPSA) is 49.9 Å². The van der Waals surface area contributed by atoms with E-state index < -0.39 is 0 Å². The van der Waals surface area contributed by atoms with Crippen LogP contribution in [0.3, 0.4) is 0 Å². The minimum Gasteiger partial charge on any atom is -0.497 e. The molecule has 3 rings (SSSR count). The van der Waals surface area contributed by atoms with Crippen molar-refractivity contribution in [2.45, 2.75) is 20.3 Å². The number of carbonyl (C=O) groups is 2. The average Bonchev–Trinajstić information content (AvgIpc) is 2.95. The highest BCUT2D eigenvalue weighted by Crippen LogP contribution is 2.17. The van der Waals surface area contributed by atoms with Gasteiger partial charge >= 0.3 is 0 Å². The first kappa shape index (κ1) is 19.0. The van der Waals surface area contributed by atoms with Crippen molar-refractivity contribution >= 4 is 11.8 Å². The lowest BCUT2D eigenvalue weighted by atomic mass is 10.0. The van der Waals surface area contributed by atoms with Crippen LogP contribution in [0, 0.1) is 13.8 Å². The summed E-state index contributed by atoms with van der Waals surface area (Å²) >= 11 is 0. The Hall–Kier alpha value is -2.82. The third kappa shape index (κ3) is 4.30. The number of carbonyl (C=O) groups excluding carboxylic acids is 2. The van der Waals surface area contributed by atoms with E-state index in [2.05, 4.69) is 0 Å². The summed E-state index contributed by atoms with van der Waals surface area (Å²) in [7, 11) is 1.60. The van der Waals surface area contributed by atoms with Gasteiger partial charge in [-0.05, 0) is 56.2 Å². The van der Waals surface area contributed by atoms with Crippen molar-refractivity contribution in [3.05, 3.63) is 64.7 Å². The van der Waals surface area contributed by atoms with Crippen LogP contribution in [0.4, 0.5) is 0 Å². The maximum absolute atomic E-state index is 13.0. The third-order valence-corrected chi connectivity index (χ3v) is 5.03. The molecule has 0 radical (unpaired) electrons. The molecule has 0 unspecified atom stereocenters. The second kappa shape index (κ2) is 8.25. The Morgan fingerprint density at radius 2 is 1.48 bits per heavy atom. The summed E-state index contributed by atoms with van der Waals surface area (Å²) in [5.74, 6) is 0.779. The lowest BCUT2D eigenvalue weighted by Crippen LogP contribution is -2.37. The molecule has 1 aliphatic heterocycles. The normalized spacial score (nSPS) is 14.6. The van der Waals surface area contributed by atoms with Gasteiger partial charge in [-0.15, -0.1) is 0 Å². The average molecular weight is 366 g/mol. The molecule has 0 aliphatic carbocycles. The molecular formula is C22H26N2O3. The Kier molecular flexibility index (Phi) is 5.79. The van der Waals surface area contributed by atoms with Crippen LogP contribution in [0.2, 0.25) is 0 Å². The van der Waals surface area contributed by atoms with Gasteiger partial charge < -0.3 is 14.5 Å². The molecule has 0 atom stereocenters. The van der Waals surface area contributed by atoms with Crippen LogP contribution in [-0.2, 0) is 0 Å². The van der Waals surface area contributed by atoms with Gasteiger partial charge in [0.15, 0.2) is 0 Å². The van der Waals surface area contributed by atoms with Gasteiger partial charge in [-0.2, -0.15) is 0 Å². The second-order valence-corrected chi connectivity index (χ2v) is 6.98. The molecule has 0 bridgehead atoms. The molecule has 0 saturated carbocycles. The first-order chi connectivity index (χ1) is 13.0. The van der Waals surface area contributed by atoms with Gasteiger partial charge in [-0.1, -0.05) is 17.7 Å². The number of aryl methyl sites for hydroxylation is 2. The Labute approximate surface area is 160 Å². The highest BCUT2D eigenvalue weighted by atomic mass is 16.5. The van der Waals surface area contributed by atoms with Crippen molar-refractivity contribution in [3.63, 3.8) is 0 Å². The zero-order chi connectivity index (χ0) is 19.4. The van der Waals surface area contributed by atoms with Gasteiger partial charge in [0, 0.05) is 37.3 Å². The fraction of sp³-hybridized carbons (Fsp3) is 0.364. The summed E-state index contributed by atoms with van der Waals surface area (Å²) in [5, 5.41) is 0. The molecule has 5 heteroatoms. The zero-order valence-corrected chi connectivity index (χ0v) is 16.2. The summed E-state index contributed by atoms with van der Waals surface area (Å²) in [6.07, 6.45) is 0.776. The Balaban J connectivity index is 1.68. The van der Waals surface area contributed by atoms with Crippen molar-refractivity contribution in [3.8, 4) is 5.75 Å². The van der Waals surface area contributed by atoms with Crippen LogP contribution in [0.5, 0.6) is 5.75 Å². The lowest BCUT2D eigenvalue weighted by molar-refractivity contribution is 0.0718. The summed E-state index contributed by atoms with van der Waals surface area (Å²) in [5.41, 5.74) is 3.46. The van der Waals surface area contributed by atoms with Gasteiger partial charge in [0.25, 0.3) is 11.8 Å². The molecule has 5 nitrogen and oxygen atoms in total. The standard InChI is InChI=1S/C22H26N2O3/c1-16-5-6-17(2)20(15-16)22(26)24-12-4-11-23(13-14-24)21(25)18-7-9-19(27-3)10-8-18/h5-10,15H,4,11-14H2,1-3H3. The summed E-state index contributed by atoms with van der Waals surface area (Å²) < 4.78 is 5.15. The van der Waals surface area contributed by atoms with Gasteiger partial charge in [-0.25, -0.2) is 0 Å². The lowest BCUT2D eigenvalue weighted by Gasteiger charge is -2.23. The molecule has 2 amide bonds. The van der Waals surface area contributed by atoms with E-state index in [4.69, 9.17) is 4.74 Å². The molecule has 0 N–H and O–H groups in total. The van der Waals surface area contributed by atoms with E-state index in [0.717, 1.165) is 28.9 Å². The number of ether oxygens (including phenoxy) is 1. The molecule has 142 valence electrons. The van der Waals surface area contributed by atoms with E-state index in [1.165, 1.54) is 0 Å².